The second-order valence-electron chi connectivity index (χ2n) is 3.25. The Morgan fingerprint density at radius 3 is 2.67 bits per heavy atom. The van der Waals surface area contributed by atoms with Crippen molar-refractivity contribution in [3.63, 3.8) is 0 Å². The van der Waals surface area contributed by atoms with Gasteiger partial charge in [-0.1, -0.05) is 0 Å². The minimum atomic E-state index is -1.06. The molecule has 0 saturated carbocycles. The Morgan fingerprint density at radius 1 is 1.75 bits per heavy atom. The van der Waals surface area contributed by atoms with Crippen LogP contribution >= 0.6 is 0 Å². The van der Waals surface area contributed by atoms with Gasteiger partial charge in [-0.25, -0.2) is 4.79 Å². The van der Waals surface area contributed by atoms with E-state index in [1.165, 1.54) is 0 Å². The van der Waals surface area contributed by atoms with Gasteiger partial charge in [0.25, 0.3) is 0 Å². The second kappa shape index (κ2) is 2.91. The quantitative estimate of drug-likeness (QED) is 0.592. The molecule has 1 amide bonds. The molecule has 0 radical (unpaired) electrons. The lowest BCUT2D eigenvalue weighted by Gasteiger charge is -2.30. The SMILES string of the molecule is CC1(C)OCC(CO)N1C(=O)O. The van der Waals surface area contributed by atoms with Gasteiger partial charge in [0.1, 0.15) is 5.72 Å². The Morgan fingerprint density at radius 2 is 2.33 bits per heavy atom. The topological polar surface area (TPSA) is 70.0 Å². The number of ether oxygens (including phenoxy) is 1. The van der Waals surface area contributed by atoms with Gasteiger partial charge < -0.3 is 14.9 Å². The van der Waals surface area contributed by atoms with Crippen LogP contribution in [0, 0.1) is 0 Å². The fourth-order valence-electron chi connectivity index (χ4n) is 1.40. The van der Waals surface area contributed by atoms with Crippen molar-refractivity contribution < 1.29 is 19.7 Å². The van der Waals surface area contributed by atoms with Gasteiger partial charge in [-0.15, -0.1) is 0 Å². The van der Waals surface area contributed by atoms with E-state index < -0.39 is 17.9 Å². The van der Waals surface area contributed by atoms with Gasteiger partial charge >= 0.3 is 6.09 Å². The first-order chi connectivity index (χ1) is 5.49. The maximum atomic E-state index is 10.7. The summed E-state index contributed by atoms with van der Waals surface area (Å²) in [4.78, 5) is 11.9. The molecule has 5 nitrogen and oxygen atoms in total. The van der Waals surface area contributed by atoms with Gasteiger partial charge in [-0.2, -0.15) is 0 Å². The van der Waals surface area contributed by atoms with E-state index in [4.69, 9.17) is 14.9 Å². The molecule has 5 heteroatoms. The molecule has 0 aromatic rings. The third kappa shape index (κ3) is 1.37. The normalized spacial score (nSPS) is 27.6. The largest absolute Gasteiger partial charge is 0.465 e. The average Bonchev–Trinajstić information content (AvgIpc) is 2.24. The van der Waals surface area contributed by atoms with E-state index >= 15 is 0 Å². The molecule has 1 saturated heterocycles. The molecule has 0 aromatic heterocycles. The van der Waals surface area contributed by atoms with Crippen LogP contribution in [0.5, 0.6) is 0 Å². The van der Waals surface area contributed by atoms with Gasteiger partial charge in [-0.3, -0.25) is 4.90 Å². The lowest BCUT2D eigenvalue weighted by Crippen LogP contribution is -2.48. The number of carbonyl (C=O) groups is 1. The average molecular weight is 175 g/mol. The van der Waals surface area contributed by atoms with Crippen LogP contribution in [0.3, 0.4) is 0 Å². The summed E-state index contributed by atoms with van der Waals surface area (Å²) in [5.41, 5.74) is -0.820. The summed E-state index contributed by atoms with van der Waals surface area (Å²) in [6, 6.07) is -0.433. The molecule has 1 atom stereocenters. The minimum absolute atomic E-state index is 0.199. The number of aliphatic hydroxyl groups excluding tert-OH is 1. The standard InChI is InChI=1S/C7H13NO4/c1-7(2)8(6(10)11)5(3-9)4-12-7/h5,9H,3-4H2,1-2H3,(H,10,11). The summed E-state index contributed by atoms with van der Waals surface area (Å²) in [5, 5.41) is 17.6. The van der Waals surface area contributed by atoms with Crippen molar-refractivity contribution in [2.45, 2.75) is 25.6 Å². The zero-order valence-corrected chi connectivity index (χ0v) is 7.15. The van der Waals surface area contributed by atoms with Crippen molar-refractivity contribution in [1.29, 1.82) is 0 Å². The van der Waals surface area contributed by atoms with E-state index in [1.807, 2.05) is 0 Å². The highest BCUT2D eigenvalue weighted by molar-refractivity contribution is 5.66. The molecule has 0 aliphatic carbocycles. The molecule has 70 valence electrons. The fourth-order valence-corrected chi connectivity index (χ4v) is 1.40. The maximum Gasteiger partial charge on any atom is 0.409 e. The molecule has 1 aliphatic rings. The minimum Gasteiger partial charge on any atom is -0.465 e. The number of carboxylic acid groups (broad SMARTS) is 1. The van der Waals surface area contributed by atoms with Crippen molar-refractivity contribution >= 4 is 6.09 Å². The zero-order chi connectivity index (χ0) is 9.35. The van der Waals surface area contributed by atoms with Crippen molar-refractivity contribution in [3.05, 3.63) is 0 Å². The summed E-state index contributed by atoms with van der Waals surface area (Å²) in [7, 11) is 0. The summed E-state index contributed by atoms with van der Waals surface area (Å²) in [6.45, 7) is 3.39. The molecular weight excluding hydrogens is 162 g/mol. The number of hydrogen-bond donors (Lipinski definition) is 2. The zero-order valence-electron chi connectivity index (χ0n) is 7.15. The fraction of sp³-hybridized carbons (Fsp3) is 0.857. The monoisotopic (exact) mass is 175 g/mol. The van der Waals surface area contributed by atoms with Crippen molar-refractivity contribution in [1.82, 2.24) is 4.90 Å². The summed E-state index contributed by atoms with van der Waals surface area (Å²) < 4.78 is 5.20. The molecule has 1 heterocycles. The predicted octanol–water partition coefficient (Wildman–Crippen LogP) is 0.0936. The van der Waals surface area contributed by atoms with Gasteiger partial charge in [0.2, 0.25) is 0 Å². The third-order valence-electron chi connectivity index (χ3n) is 1.99. The van der Waals surface area contributed by atoms with E-state index in [0.29, 0.717) is 0 Å². The van der Waals surface area contributed by atoms with Crippen LogP contribution in [-0.2, 0) is 4.74 Å². The Hall–Kier alpha value is -0.810. The van der Waals surface area contributed by atoms with Crippen LogP contribution in [0.2, 0.25) is 0 Å². The molecule has 1 aliphatic heterocycles. The molecule has 1 fully saturated rings. The van der Waals surface area contributed by atoms with E-state index in [0.717, 1.165) is 4.90 Å². The van der Waals surface area contributed by atoms with Crippen LogP contribution in [0.1, 0.15) is 13.8 Å². The highest BCUT2D eigenvalue weighted by Gasteiger charge is 2.43. The lowest BCUT2D eigenvalue weighted by atomic mass is 10.2. The third-order valence-corrected chi connectivity index (χ3v) is 1.99. The molecule has 0 bridgehead atoms. The summed E-state index contributed by atoms with van der Waals surface area (Å²) >= 11 is 0. The molecule has 12 heavy (non-hydrogen) atoms. The molecule has 0 spiro atoms. The van der Waals surface area contributed by atoms with Gasteiger partial charge in [0, 0.05) is 0 Å². The lowest BCUT2D eigenvalue weighted by molar-refractivity contribution is -0.0433. The first-order valence-electron chi connectivity index (χ1n) is 3.76. The van der Waals surface area contributed by atoms with E-state index in [1.54, 1.807) is 13.8 Å². The molecule has 1 unspecified atom stereocenters. The van der Waals surface area contributed by atoms with Crippen LogP contribution in [-0.4, -0.2) is 46.2 Å². The van der Waals surface area contributed by atoms with Crippen molar-refractivity contribution in [2.24, 2.45) is 0 Å². The first kappa shape index (κ1) is 9.28. The molecule has 1 rings (SSSR count). The number of amides is 1. The van der Waals surface area contributed by atoms with Crippen LogP contribution < -0.4 is 0 Å². The highest BCUT2D eigenvalue weighted by atomic mass is 16.5. The first-order valence-corrected chi connectivity index (χ1v) is 3.76. The van der Waals surface area contributed by atoms with Gasteiger partial charge in [0.15, 0.2) is 0 Å². The van der Waals surface area contributed by atoms with Gasteiger partial charge in [0.05, 0.1) is 19.3 Å². The molecular formula is C7H13NO4. The predicted molar refractivity (Wildman–Crippen MR) is 40.8 cm³/mol. The summed E-state index contributed by atoms with van der Waals surface area (Å²) in [5.74, 6) is 0. The van der Waals surface area contributed by atoms with E-state index in [2.05, 4.69) is 0 Å². The molecule has 0 aromatic carbocycles. The van der Waals surface area contributed by atoms with Gasteiger partial charge in [-0.05, 0) is 13.8 Å². The number of hydrogen-bond acceptors (Lipinski definition) is 3. The number of aliphatic hydroxyl groups is 1. The Labute approximate surface area is 70.5 Å². The molecule has 2 N–H and O–H groups in total. The Balaban J connectivity index is 2.80. The van der Waals surface area contributed by atoms with Crippen LogP contribution in [0.25, 0.3) is 0 Å². The highest BCUT2D eigenvalue weighted by Crippen LogP contribution is 2.26. The van der Waals surface area contributed by atoms with Crippen LogP contribution in [0.4, 0.5) is 4.79 Å². The maximum absolute atomic E-state index is 10.7. The van der Waals surface area contributed by atoms with E-state index in [-0.39, 0.29) is 13.2 Å². The second-order valence-corrected chi connectivity index (χ2v) is 3.25. The number of nitrogens with zero attached hydrogens (tertiary/aromatic N) is 1. The van der Waals surface area contributed by atoms with Crippen molar-refractivity contribution in [3.8, 4) is 0 Å². The van der Waals surface area contributed by atoms with Crippen molar-refractivity contribution in [2.75, 3.05) is 13.2 Å². The Kier molecular flexibility index (Phi) is 2.25. The van der Waals surface area contributed by atoms with E-state index in [9.17, 15) is 4.79 Å². The summed E-state index contributed by atoms with van der Waals surface area (Å²) in [6.07, 6.45) is -1.06. The Bertz CT molecular complexity index is 192. The smallest absolute Gasteiger partial charge is 0.409 e. The van der Waals surface area contributed by atoms with Crippen LogP contribution in [0.15, 0.2) is 0 Å². The number of rotatable bonds is 1.